The molecule has 0 radical (unpaired) electrons. The van der Waals surface area contributed by atoms with Crippen molar-refractivity contribution < 1.29 is 23.6 Å². The number of aromatic nitrogens is 2. The number of pyridine rings is 2. The summed E-state index contributed by atoms with van der Waals surface area (Å²) in [5, 5.41) is 0.377. The van der Waals surface area contributed by atoms with Crippen molar-refractivity contribution >= 4 is 33.2 Å². The molecule has 2 unspecified atom stereocenters. The van der Waals surface area contributed by atoms with Crippen LogP contribution in [-0.4, -0.2) is 42.6 Å². The van der Waals surface area contributed by atoms with Gasteiger partial charge in [-0.2, -0.15) is 0 Å². The molecule has 33 heavy (non-hydrogen) atoms. The molecule has 4 heterocycles. The number of hydrogen-bond acceptors (Lipinski definition) is 7. The Balaban J connectivity index is 1.57. The maximum absolute atomic E-state index is 13.6. The van der Waals surface area contributed by atoms with E-state index < -0.39 is 33.1 Å². The molecular weight excluding hydrogens is 444 g/mol. The number of esters is 2. The van der Waals surface area contributed by atoms with Crippen molar-refractivity contribution in [2.75, 3.05) is 5.75 Å². The van der Waals surface area contributed by atoms with E-state index in [9.17, 15) is 18.9 Å². The molecular formula is C24H22N2O6S. The Kier molecular flexibility index (Phi) is 4.14. The van der Waals surface area contributed by atoms with E-state index in [4.69, 9.17) is 14.5 Å². The number of ether oxygens (including phenoxy) is 2. The van der Waals surface area contributed by atoms with Crippen LogP contribution in [0.25, 0.3) is 22.3 Å². The Morgan fingerprint density at radius 3 is 2.88 bits per heavy atom. The van der Waals surface area contributed by atoms with Gasteiger partial charge in [-0.05, 0) is 18.2 Å². The highest BCUT2D eigenvalue weighted by molar-refractivity contribution is 8.30. The van der Waals surface area contributed by atoms with Crippen LogP contribution in [0.5, 0.6) is 0 Å². The fraction of sp³-hybridized carbons (Fsp3) is 0.333. The van der Waals surface area contributed by atoms with Crippen LogP contribution in [0.1, 0.15) is 31.4 Å². The molecule has 2 aromatic heterocycles. The van der Waals surface area contributed by atoms with Crippen LogP contribution in [0, 0.1) is 0 Å². The Labute approximate surface area is 190 Å². The average molecular weight is 467 g/mol. The van der Waals surface area contributed by atoms with E-state index in [0.717, 1.165) is 16.5 Å². The Morgan fingerprint density at radius 1 is 1.33 bits per heavy atom. The lowest BCUT2D eigenvalue weighted by Gasteiger charge is -2.38. The molecule has 3 aromatic rings. The van der Waals surface area contributed by atoms with Gasteiger partial charge in [0, 0.05) is 34.9 Å². The Morgan fingerprint density at radius 2 is 2.12 bits per heavy atom. The smallest absolute Gasteiger partial charge is 0.352 e. The normalized spacial score (nSPS) is 28.8. The maximum atomic E-state index is 13.6. The molecule has 3 aliphatic rings. The fourth-order valence-corrected chi connectivity index (χ4v) is 8.41. The van der Waals surface area contributed by atoms with Crippen LogP contribution in [0.4, 0.5) is 0 Å². The number of cyclic esters (lactones) is 1. The van der Waals surface area contributed by atoms with E-state index in [2.05, 4.69) is 0 Å². The third kappa shape index (κ3) is 2.69. The number of carbonyl (C=O) groups is 2. The van der Waals surface area contributed by atoms with Crippen molar-refractivity contribution in [1.82, 2.24) is 9.55 Å². The Bertz CT molecular complexity index is 1450. The lowest BCUT2D eigenvalue weighted by atomic mass is 10.1. The largest absolute Gasteiger partial charge is 0.458 e. The Hall–Kier alpha value is -3.17. The topological polar surface area (TPSA) is 108 Å². The van der Waals surface area contributed by atoms with Crippen LogP contribution >= 0.6 is 10.3 Å². The summed E-state index contributed by atoms with van der Waals surface area (Å²) in [5.74, 6) is -0.983. The van der Waals surface area contributed by atoms with Crippen molar-refractivity contribution in [3.05, 3.63) is 57.9 Å². The number of para-hydroxylation sites is 1. The summed E-state index contributed by atoms with van der Waals surface area (Å²) in [6, 6.07) is 11.6. The molecule has 0 saturated heterocycles. The number of benzene rings is 1. The summed E-state index contributed by atoms with van der Waals surface area (Å²) < 4.78 is 24.4. The molecule has 8 nitrogen and oxygen atoms in total. The van der Waals surface area contributed by atoms with E-state index in [1.54, 1.807) is 4.57 Å². The van der Waals surface area contributed by atoms with Gasteiger partial charge in [0.05, 0.1) is 34.3 Å². The van der Waals surface area contributed by atoms with E-state index in [1.165, 1.54) is 6.92 Å². The fourth-order valence-electron chi connectivity index (χ4n) is 5.20. The van der Waals surface area contributed by atoms with Gasteiger partial charge in [0.1, 0.15) is 6.61 Å². The molecule has 170 valence electrons. The van der Waals surface area contributed by atoms with Crippen LogP contribution in [0.2, 0.25) is 0 Å². The van der Waals surface area contributed by atoms with Crippen molar-refractivity contribution in [1.29, 1.82) is 0 Å². The van der Waals surface area contributed by atoms with Crippen molar-refractivity contribution in [2.45, 2.75) is 49.2 Å². The zero-order chi connectivity index (χ0) is 23.1. The maximum Gasteiger partial charge on any atom is 0.352 e. The lowest BCUT2D eigenvalue weighted by Crippen LogP contribution is -2.39. The molecule has 1 aromatic carbocycles. The molecule has 3 atom stereocenters. The number of rotatable bonds is 2. The molecule has 1 saturated carbocycles. The molecule has 1 aliphatic carbocycles. The zero-order valence-corrected chi connectivity index (χ0v) is 19.0. The van der Waals surface area contributed by atoms with Gasteiger partial charge in [-0.3, -0.25) is 9.59 Å². The zero-order valence-electron chi connectivity index (χ0n) is 18.2. The first kappa shape index (κ1) is 20.4. The van der Waals surface area contributed by atoms with E-state index >= 15 is 0 Å². The third-order valence-electron chi connectivity index (χ3n) is 6.89. The van der Waals surface area contributed by atoms with Crippen LogP contribution in [0.3, 0.4) is 0 Å². The predicted octanol–water partition coefficient (Wildman–Crippen LogP) is 3.21. The summed E-state index contributed by atoms with van der Waals surface area (Å²) in [4.78, 5) is 43.4. The minimum atomic E-state index is -2.65. The highest BCUT2D eigenvalue weighted by atomic mass is 32.3. The summed E-state index contributed by atoms with van der Waals surface area (Å²) in [5.41, 5.74) is 1.62. The third-order valence-corrected chi connectivity index (χ3v) is 10.4. The monoisotopic (exact) mass is 466 g/mol. The quantitative estimate of drug-likeness (QED) is 0.452. The minimum absolute atomic E-state index is 0.183. The summed E-state index contributed by atoms with van der Waals surface area (Å²) in [6.07, 6.45) is 0.183. The average Bonchev–Trinajstić information content (AvgIpc) is 3.41. The standard InChI is InChI=1S/C24H22N2O6S/c1-3-33(30)19-9-18-21-15(8-14-6-4-5-7-17(14)25-21)11-26(18)22(28)16(19)12-31-23(29)24(10-20(24)33)32-13(2)27/h4-9,20,30H,3,10-12H2,1-2H3/t20?,24-/m0/s1. The molecule has 0 amide bonds. The van der Waals surface area contributed by atoms with Gasteiger partial charge in [0.25, 0.3) is 5.56 Å². The highest BCUT2D eigenvalue weighted by Crippen LogP contribution is 2.71. The molecule has 0 bridgehead atoms. The highest BCUT2D eigenvalue weighted by Gasteiger charge is 2.71. The molecule has 1 fully saturated rings. The van der Waals surface area contributed by atoms with Gasteiger partial charge in [-0.15, -0.1) is 10.3 Å². The molecule has 1 N–H and O–H groups in total. The SMILES string of the molecule is CCS1(O)c2cc3n(c(=O)c2COC(=O)[C@]2(OC(C)=O)CC21)Cc1cc2ccccc2nc1-3. The van der Waals surface area contributed by atoms with Gasteiger partial charge in [-0.1, -0.05) is 25.1 Å². The molecule has 2 aliphatic heterocycles. The van der Waals surface area contributed by atoms with Gasteiger partial charge >= 0.3 is 11.9 Å². The molecule has 9 heteroatoms. The van der Waals surface area contributed by atoms with Gasteiger partial charge < -0.3 is 18.6 Å². The first-order valence-corrected chi connectivity index (χ1v) is 12.7. The van der Waals surface area contributed by atoms with Gasteiger partial charge in [0.2, 0.25) is 5.60 Å². The summed E-state index contributed by atoms with van der Waals surface area (Å²) in [6.45, 7) is 3.15. The second kappa shape index (κ2) is 6.68. The number of carbonyl (C=O) groups excluding carboxylic acids is 2. The summed E-state index contributed by atoms with van der Waals surface area (Å²) >= 11 is 0. The first-order valence-electron chi connectivity index (χ1n) is 10.8. The van der Waals surface area contributed by atoms with Crippen LogP contribution in [-0.2, 0) is 32.2 Å². The van der Waals surface area contributed by atoms with Crippen molar-refractivity contribution in [3.63, 3.8) is 0 Å². The minimum Gasteiger partial charge on any atom is -0.458 e. The first-order chi connectivity index (χ1) is 15.8. The molecule has 0 spiro atoms. The van der Waals surface area contributed by atoms with E-state index in [1.807, 2.05) is 43.3 Å². The van der Waals surface area contributed by atoms with Crippen molar-refractivity contribution in [2.24, 2.45) is 0 Å². The van der Waals surface area contributed by atoms with Gasteiger partial charge in [-0.25, -0.2) is 9.78 Å². The lowest BCUT2D eigenvalue weighted by molar-refractivity contribution is -0.171. The second-order valence-corrected chi connectivity index (χ2v) is 11.8. The molecule has 6 rings (SSSR count). The van der Waals surface area contributed by atoms with Crippen LogP contribution in [0.15, 0.2) is 46.1 Å². The summed E-state index contributed by atoms with van der Waals surface area (Å²) in [7, 11) is -2.65. The van der Waals surface area contributed by atoms with Gasteiger partial charge in [0.15, 0.2) is 0 Å². The number of fused-ring (bicyclic) bond motifs is 6. The predicted molar refractivity (Wildman–Crippen MR) is 122 cm³/mol. The van der Waals surface area contributed by atoms with Crippen LogP contribution < -0.4 is 5.56 Å². The number of nitrogens with zero attached hydrogens (tertiary/aromatic N) is 2. The second-order valence-electron chi connectivity index (χ2n) is 8.75. The van der Waals surface area contributed by atoms with Crippen molar-refractivity contribution in [3.8, 4) is 11.4 Å². The van der Waals surface area contributed by atoms with E-state index in [0.29, 0.717) is 28.6 Å². The van der Waals surface area contributed by atoms with E-state index in [-0.39, 0.29) is 24.2 Å². The number of hydrogen-bond donors (Lipinski definition) is 1.